The van der Waals surface area contributed by atoms with E-state index in [4.69, 9.17) is 15.0 Å². The first-order chi connectivity index (χ1) is 17.8. The first-order valence-corrected chi connectivity index (χ1v) is 14.6. The summed E-state index contributed by atoms with van der Waals surface area (Å²) in [7, 11) is 0. The molecular weight excluding hydrogens is 499 g/mol. The highest BCUT2D eigenvalue weighted by Crippen LogP contribution is 2.24. The molecule has 1 heterocycles. The summed E-state index contributed by atoms with van der Waals surface area (Å²) in [5, 5.41) is 2.27. The van der Waals surface area contributed by atoms with Crippen LogP contribution in [-0.4, -0.2) is 32.2 Å². The summed E-state index contributed by atoms with van der Waals surface area (Å²) < 4.78 is 0. The molecule has 3 aromatic carbocycles. The summed E-state index contributed by atoms with van der Waals surface area (Å²) in [5.74, 6) is 2.40. The Balaban J connectivity index is 1.38. The lowest BCUT2D eigenvalue weighted by atomic mass is 10.2. The zero-order chi connectivity index (χ0) is 24.7. The highest BCUT2D eigenvalue weighted by atomic mass is 32.2. The van der Waals surface area contributed by atoms with Crippen LogP contribution in [0.2, 0.25) is 0 Å². The molecule has 0 N–H and O–H groups in total. The Hall–Kier alpha value is -3.06. The molecule has 0 fully saturated rings. The third-order valence-corrected chi connectivity index (χ3v) is 7.23. The van der Waals surface area contributed by atoms with Crippen molar-refractivity contribution in [2.75, 3.05) is 17.3 Å². The van der Waals surface area contributed by atoms with Crippen LogP contribution in [0.3, 0.4) is 0 Å². The van der Waals surface area contributed by atoms with E-state index in [1.165, 1.54) is 16.7 Å². The second-order valence-electron chi connectivity index (χ2n) is 7.56. The third-order valence-electron chi connectivity index (χ3n) is 4.83. The van der Waals surface area contributed by atoms with Crippen molar-refractivity contribution < 1.29 is 0 Å². The van der Waals surface area contributed by atoms with Crippen LogP contribution in [0.15, 0.2) is 125 Å². The van der Waals surface area contributed by atoms with Crippen LogP contribution in [0.5, 0.6) is 0 Å². The molecule has 0 aliphatic carbocycles. The SMILES string of the molecule is C(=C\c1ccccc1)/CSc1nc(SC/C=C/c2ccccc2)nc(SC/C=C/c2ccccc2)n1. The van der Waals surface area contributed by atoms with Crippen LogP contribution in [0, 0.1) is 0 Å². The number of hydrogen-bond acceptors (Lipinski definition) is 6. The zero-order valence-corrected chi connectivity index (χ0v) is 22.3. The molecule has 180 valence electrons. The third kappa shape index (κ3) is 9.53. The molecule has 4 aromatic rings. The van der Waals surface area contributed by atoms with Gasteiger partial charge in [-0.2, -0.15) is 15.0 Å². The molecule has 0 unspecified atom stereocenters. The fraction of sp³-hybridized carbons (Fsp3) is 0.100. The van der Waals surface area contributed by atoms with Crippen molar-refractivity contribution in [1.29, 1.82) is 0 Å². The fourth-order valence-corrected chi connectivity index (χ4v) is 5.23. The highest BCUT2D eigenvalue weighted by molar-refractivity contribution is 8.00. The van der Waals surface area contributed by atoms with Crippen molar-refractivity contribution in [1.82, 2.24) is 15.0 Å². The number of benzene rings is 3. The van der Waals surface area contributed by atoms with Crippen LogP contribution in [-0.2, 0) is 0 Å². The molecule has 0 amide bonds. The average molecular weight is 526 g/mol. The van der Waals surface area contributed by atoms with Gasteiger partial charge in [0.2, 0.25) is 0 Å². The standard InChI is InChI=1S/C30H27N3S3/c1-4-13-25(14-5-1)19-10-22-34-28-31-29(35-23-11-20-26-15-6-2-7-16-26)33-30(32-28)36-24-12-21-27-17-8-3-9-18-27/h1-21H,22-24H2/b19-10+,20-11+,21-12+. The Kier molecular flexibility index (Phi) is 10.9. The van der Waals surface area contributed by atoms with Gasteiger partial charge in [0.1, 0.15) is 0 Å². The Morgan fingerprint density at radius 3 is 0.972 bits per heavy atom. The van der Waals surface area contributed by atoms with E-state index in [-0.39, 0.29) is 0 Å². The Labute approximate surface area is 226 Å². The monoisotopic (exact) mass is 525 g/mol. The number of thioether (sulfide) groups is 3. The minimum Gasteiger partial charge on any atom is -0.196 e. The lowest BCUT2D eigenvalue weighted by Crippen LogP contribution is -1.98. The van der Waals surface area contributed by atoms with Crippen LogP contribution in [0.25, 0.3) is 18.2 Å². The quantitative estimate of drug-likeness (QED) is 0.173. The topological polar surface area (TPSA) is 38.7 Å². The van der Waals surface area contributed by atoms with Crippen molar-refractivity contribution in [3.63, 3.8) is 0 Å². The van der Waals surface area contributed by atoms with E-state index >= 15 is 0 Å². The second-order valence-corrected chi connectivity index (χ2v) is 10.5. The van der Waals surface area contributed by atoms with Gasteiger partial charge >= 0.3 is 0 Å². The Morgan fingerprint density at radius 2 is 0.694 bits per heavy atom. The molecular formula is C30H27N3S3. The van der Waals surface area contributed by atoms with Crippen molar-refractivity contribution in [3.05, 3.63) is 126 Å². The molecule has 4 rings (SSSR count). The summed E-state index contributed by atoms with van der Waals surface area (Å²) >= 11 is 4.89. The van der Waals surface area contributed by atoms with Gasteiger partial charge in [-0.3, -0.25) is 0 Å². The molecule has 0 atom stereocenters. The van der Waals surface area contributed by atoms with E-state index < -0.39 is 0 Å². The average Bonchev–Trinajstić information content (AvgIpc) is 2.93. The van der Waals surface area contributed by atoms with Crippen molar-refractivity contribution in [3.8, 4) is 0 Å². The predicted molar refractivity (Wildman–Crippen MR) is 158 cm³/mol. The van der Waals surface area contributed by atoms with Crippen molar-refractivity contribution in [2.45, 2.75) is 15.5 Å². The molecule has 0 saturated heterocycles. The van der Waals surface area contributed by atoms with Gasteiger partial charge in [-0.1, -0.05) is 163 Å². The molecule has 0 bridgehead atoms. The summed E-state index contributed by atoms with van der Waals surface area (Å²) in [6, 6.07) is 30.9. The molecule has 0 aliphatic rings. The maximum Gasteiger partial charge on any atom is 0.192 e. The summed E-state index contributed by atoms with van der Waals surface area (Å²) in [5.41, 5.74) is 3.57. The van der Waals surface area contributed by atoms with Crippen LogP contribution in [0.1, 0.15) is 16.7 Å². The molecule has 6 heteroatoms. The van der Waals surface area contributed by atoms with E-state index in [9.17, 15) is 0 Å². The Morgan fingerprint density at radius 1 is 0.417 bits per heavy atom. The molecule has 0 spiro atoms. The normalized spacial score (nSPS) is 11.7. The van der Waals surface area contributed by atoms with Crippen molar-refractivity contribution >= 4 is 53.5 Å². The van der Waals surface area contributed by atoms with E-state index in [1.54, 1.807) is 35.3 Å². The van der Waals surface area contributed by atoms with E-state index in [2.05, 4.69) is 72.9 Å². The van der Waals surface area contributed by atoms with Crippen LogP contribution in [0.4, 0.5) is 0 Å². The van der Waals surface area contributed by atoms with E-state index in [1.807, 2.05) is 54.6 Å². The van der Waals surface area contributed by atoms with Gasteiger partial charge in [0.05, 0.1) is 0 Å². The first kappa shape index (κ1) is 26.0. The summed E-state index contributed by atoms with van der Waals surface area (Å²) in [6.45, 7) is 0. The summed E-state index contributed by atoms with van der Waals surface area (Å²) in [4.78, 5) is 14.1. The van der Waals surface area contributed by atoms with Crippen LogP contribution >= 0.6 is 35.3 Å². The molecule has 1 aromatic heterocycles. The fourth-order valence-electron chi connectivity index (χ4n) is 3.13. The van der Waals surface area contributed by atoms with Gasteiger partial charge in [0, 0.05) is 17.3 Å². The van der Waals surface area contributed by atoms with Gasteiger partial charge in [-0.15, -0.1) is 0 Å². The minimum atomic E-state index is 0.756. The number of aromatic nitrogens is 3. The Bertz CT molecular complexity index is 1100. The number of rotatable bonds is 12. The molecule has 36 heavy (non-hydrogen) atoms. The predicted octanol–water partition coefficient (Wildman–Crippen LogP) is 8.29. The van der Waals surface area contributed by atoms with Crippen molar-refractivity contribution in [2.24, 2.45) is 0 Å². The molecule has 0 aliphatic heterocycles. The number of hydrogen-bond donors (Lipinski definition) is 0. The van der Waals surface area contributed by atoms with E-state index in [0.29, 0.717) is 0 Å². The maximum absolute atomic E-state index is 4.70. The smallest absolute Gasteiger partial charge is 0.192 e. The maximum atomic E-state index is 4.70. The zero-order valence-electron chi connectivity index (χ0n) is 19.8. The minimum absolute atomic E-state index is 0.756. The molecule has 3 nitrogen and oxygen atoms in total. The largest absolute Gasteiger partial charge is 0.196 e. The lowest BCUT2D eigenvalue weighted by Gasteiger charge is -2.05. The van der Waals surface area contributed by atoms with Gasteiger partial charge in [0.25, 0.3) is 0 Å². The molecule has 0 radical (unpaired) electrons. The van der Waals surface area contributed by atoms with E-state index in [0.717, 1.165) is 32.7 Å². The molecule has 0 saturated carbocycles. The highest BCUT2D eigenvalue weighted by Gasteiger charge is 2.07. The summed E-state index contributed by atoms with van der Waals surface area (Å²) in [6.07, 6.45) is 12.8. The van der Waals surface area contributed by atoms with Gasteiger partial charge in [0.15, 0.2) is 15.5 Å². The first-order valence-electron chi connectivity index (χ1n) is 11.6. The van der Waals surface area contributed by atoms with Gasteiger partial charge in [-0.05, 0) is 16.7 Å². The van der Waals surface area contributed by atoms with Gasteiger partial charge in [-0.25, -0.2) is 0 Å². The van der Waals surface area contributed by atoms with Crippen LogP contribution < -0.4 is 0 Å². The number of nitrogens with zero attached hydrogens (tertiary/aromatic N) is 3. The second kappa shape index (κ2) is 15.1. The lowest BCUT2D eigenvalue weighted by molar-refractivity contribution is 0.719. The van der Waals surface area contributed by atoms with Gasteiger partial charge < -0.3 is 0 Å².